The summed E-state index contributed by atoms with van der Waals surface area (Å²) in [6.07, 6.45) is 0. The van der Waals surface area contributed by atoms with Gasteiger partial charge < -0.3 is 30.0 Å². The molecule has 7 heteroatoms. The molecule has 1 amide bonds. The quantitative estimate of drug-likeness (QED) is 0.511. The number of carbonyl (C=O) groups is 1. The third-order valence-electron chi connectivity index (χ3n) is 2.84. The van der Waals surface area contributed by atoms with Crippen LogP contribution in [0.25, 0.3) is 0 Å². The Kier molecular flexibility index (Phi) is 10.8. The molecular weight excluding hydrogens is 300 g/mol. The second-order valence-electron chi connectivity index (χ2n) is 4.63. The fourth-order valence-electron chi connectivity index (χ4n) is 1.69. The van der Waals surface area contributed by atoms with Crippen LogP contribution in [-0.4, -0.2) is 65.7 Å². The lowest BCUT2D eigenvalue weighted by atomic mass is 10.2. The van der Waals surface area contributed by atoms with Crippen molar-refractivity contribution in [2.24, 2.45) is 5.73 Å². The highest BCUT2D eigenvalue weighted by molar-refractivity contribution is 5.94. The lowest BCUT2D eigenvalue weighted by Gasteiger charge is -2.08. The van der Waals surface area contributed by atoms with Gasteiger partial charge in [0.2, 0.25) is 0 Å². The van der Waals surface area contributed by atoms with Crippen LogP contribution < -0.4 is 15.8 Å². The van der Waals surface area contributed by atoms with E-state index in [2.05, 4.69) is 5.32 Å². The van der Waals surface area contributed by atoms with Gasteiger partial charge in [0.15, 0.2) is 0 Å². The minimum atomic E-state index is -0.142. The van der Waals surface area contributed by atoms with E-state index < -0.39 is 0 Å². The van der Waals surface area contributed by atoms with Crippen LogP contribution in [0, 0.1) is 0 Å². The fourth-order valence-corrected chi connectivity index (χ4v) is 1.69. The third-order valence-corrected chi connectivity index (χ3v) is 2.84. The number of hydrogen-bond acceptors (Lipinski definition) is 6. The molecule has 0 aliphatic heterocycles. The molecular formula is C16H26N2O5. The van der Waals surface area contributed by atoms with Gasteiger partial charge in [-0.3, -0.25) is 4.79 Å². The summed E-state index contributed by atoms with van der Waals surface area (Å²) in [5, 5.41) is 2.79. The van der Waals surface area contributed by atoms with Gasteiger partial charge in [-0.05, 0) is 24.3 Å². The summed E-state index contributed by atoms with van der Waals surface area (Å²) in [6.45, 7) is 3.93. The number of ether oxygens (including phenoxy) is 4. The van der Waals surface area contributed by atoms with Crippen molar-refractivity contribution >= 4 is 5.91 Å². The number of amides is 1. The van der Waals surface area contributed by atoms with E-state index in [4.69, 9.17) is 24.7 Å². The third kappa shape index (κ3) is 9.14. The van der Waals surface area contributed by atoms with E-state index in [0.29, 0.717) is 64.0 Å². The van der Waals surface area contributed by atoms with Crippen molar-refractivity contribution in [2.75, 3.05) is 59.8 Å². The van der Waals surface area contributed by atoms with Crippen LogP contribution in [0.3, 0.4) is 0 Å². The average molecular weight is 326 g/mol. The Labute approximate surface area is 137 Å². The highest BCUT2D eigenvalue weighted by Gasteiger charge is 2.05. The molecule has 0 unspecified atom stereocenters. The Hall–Kier alpha value is -1.67. The first-order valence-electron chi connectivity index (χ1n) is 7.63. The maximum absolute atomic E-state index is 11.9. The predicted molar refractivity (Wildman–Crippen MR) is 86.8 cm³/mol. The van der Waals surface area contributed by atoms with E-state index in [1.165, 1.54) is 0 Å². The van der Waals surface area contributed by atoms with Gasteiger partial charge >= 0.3 is 0 Å². The zero-order valence-electron chi connectivity index (χ0n) is 13.6. The molecule has 0 heterocycles. The van der Waals surface area contributed by atoms with Crippen molar-refractivity contribution in [1.82, 2.24) is 5.32 Å². The normalized spacial score (nSPS) is 10.5. The highest BCUT2D eigenvalue weighted by atomic mass is 16.5. The maximum Gasteiger partial charge on any atom is 0.251 e. The Bertz CT molecular complexity index is 425. The summed E-state index contributed by atoms with van der Waals surface area (Å²) in [5.74, 6) is 0.566. The van der Waals surface area contributed by atoms with Crippen LogP contribution in [0.2, 0.25) is 0 Å². The van der Waals surface area contributed by atoms with Gasteiger partial charge in [0.05, 0.1) is 33.0 Å². The molecule has 0 saturated carbocycles. The van der Waals surface area contributed by atoms with Gasteiger partial charge in [-0.1, -0.05) is 0 Å². The average Bonchev–Trinajstić information content (AvgIpc) is 2.58. The minimum Gasteiger partial charge on any atom is -0.491 e. The molecule has 0 aromatic heterocycles. The Morgan fingerprint density at radius 2 is 1.70 bits per heavy atom. The second kappa shape index (κ2) is 12.8. The van der Waals surface area contributed by atoms with Crippen LogP contribution in [0.15, 0.2) is 24.3 Å². The Morgan fingerprint density at radius 3 is 2.35 bits per heavy atom. The number of nitrogens with one attached hydrogen (secondary N) is 1. The van der Waals surface area contributed by atoms with Crippen LogP contribution in [0.5, 0.6) is 5.75 Å². The van der Waals surface area contributed by atoms with Gasteiger partial charge in [0.25, 0.3) is 5.91 Å². The monoisotopic (exact) mass is 326 g/mol. The van der Waals surface area contributed by atoms with E-state index in [1.807, 2.05) is 0 Å². The molecule has 0 aliphatic carbocycles. The van der Waals surface area contributed by atoms with Crippen molar-refractivity contribution in [2.45, 2.75) is 0 Å². The summed E-state index contributed by atoms with van der Waals surface area (Å²) < 4.78 is 20.8. The topological polar surface area (TPSA) is 92.0 Å². The molecule has 0 atom stereocenters. The molecule has 0 saturated heterocycles. The Morgan fingerprint density at radius 1 is 1.00 bits per heavy atom. The molecule has 0 spiro atoms. The molecule has 23 heavy (non-hydrogen) atoms. The smallest absolute Gasteiger partial charge is 0.251 e. The standard InChI is InChI=1S/C16H26N2O5/c1-20-10-13-23-15-4-2-14(3-5-15)16(19)18-7-9-22-12-11-21-8-6-17/h2-5H,6-13,17H2,1H3,(H,18,19). The summed E-state index contributed by atoms with van der Waals surface area (Å²) in [4.78, 5) is 11.9. The molecule has 1 aromatic rings. The van der Waals surface area contributed by atoms with Crippen molar-refractivity contribution in [3.05, 3.63) is 29.8 Å². The summed E-state index contributed by atoms with van der Waals surface area (Å²) in [6, 6.07) is 6.96. The lowest BCUT2D eigenvalue weighted by molar-refractivity contribution is 0.0511. The van der Waals surface area contributed by atoms with Crippen LogP contribution >= 0.6 is 0 Å². The van der Waals surface area contributed by atoms with Gasteiger partial charge in [0, 0.05) is 25.8 Å². The van der Waals surface area contributed by atoms with E-state index in [1.54, 1.807) is 31.4 Å². The predicted octanol–water partition coefficient (Wildman–Crippen LogP) is 0.434. The molecule has 130 valence electrons. The van der Waals surface area contributed by atoms with Crippen LogP contribution in [-0.2, 0) is 14.2 Å². The number of hydrogen-bond donors (Lipinski definition) is 2. The first kappa shape index (κ1) is 19.4. The number of rotatable bonds is 13. The fraction of sp³-hybridized carbons (Fsp3) is 0.562. The first-order chi connectivity index (χ1) is 11.3. The Balaban J connectivity index is 2.14. The number of carbonyl (C=O) groups excluding carboxylic acids is 1. The lowest BCUT2D eigenvalue weighted by Crippen LogP contribution is -2.27. The molecule has 1 rings (SSSR count). The van der Waals surface area contributed by atoms with Gasteiger partial charge in [-0.2, -0.15) is 0 Å². The molecule has 1 aromatic carbocycles. The number of methoxy groups -OCH3 is 1. The SMILES string of the molecule is COCCOc1ccc(C(=O)NCCOCCOCCN)cc1. The zero-order valence-corrected chi connectivity index (χ0v) is 13.6. The summed E-state index contributed by atoms with van der Waals surface area (Å²) in [7, 11) is 1.62. The van der Waals surface area contributed by atoms with Crippen molar-refractivity contribution in [1.29, 1.82) is 0 Å². The van der Waals surface area contributed by atoms with Gasteiger partial charge in [-0.25, -0.2) is 0 Å². The first-order valence-corrected chi connectivity index (χ1v) is 7.63. The van der Waals surface area contributed by atoms with E-state index in [0.717, 1.165) is 0 Å². The van der Waals surface area contributed by atoms with Crippen molar-refractivity contribution in [3.8, 4) is 5.75 Å². The highest BCUT2D eigenvalue weighted by Crippen LogP contribution is 2.11. The molecule has 3 N–H and O–H groups in total. The van der Waals surface area contributed by atoms with Crippen molar-refractivity contribution in [3.63, 3.8) is 0 Å². The van der Waals surface area contributed by atoms with E-state index in [9.17, 15) is 4.79 Å². The summed E-state index contributed by atoms with van der Waals surface area (Å²) >= 11 is 0. The van der Waals surface area contributed by atoms with E-state index >= 15 is 0 Å². The number of benzene rings is 1. The van der Waals surface area contributed by atoms with Crippen LogP contribution in [0.1, 0.15) is 10.4 Å². The molecule has 0 radical (unpaired) electrons. The number of nitrogens with two attached hydrogens (primary N) is 1. The molecule has 0 bridgehead atoms. The second-order valence-corrected chi connectivity index (χ2v) is 4.63. The van der Waals surface area contributed by atoms with Gasteiger partial charge in [0.1, 0.15) is 12.4 Å². The zero-order chi connectivity index (χ0) is 16.8. The minimum absolute atomic E-state index is 0.142. The molecule has 7 nitrogen and oxygen atoms in total. The van der Waals surface area contributed by atoms with Crippen LogP contribution in [0.4, 0.5) is 0 Å². The summed E-state index contributed by atoms with van der Waals surface area (Å²) in [5.41, 5.74) is 5.87. The molecule has 0 aliphatic rings. The van der Waals surface area contributed by atoms with Gasteiger partial charge in [-0.15, -0.1) is 0 Å². The largest absolute Gasteiger partial charge is 0.491 e. The van der Waals surface area contributed by atoms with E-state index in [-0.39, 0.29) is 5.91 Å². The molecule has 0 fully saturated rings. The maximum atomic E-state index is 11.9. The van der Waals surface area contributed by atoms with Crippen molar-refractivity contribution < 1.29 is 23.7 Å².